The number of pyridine rings is 1. The van der Waals surface area contributed by atoms with Crippen molar-refractivity contribution in [3.8, 4) is 5.69 Å². The molecule has 0 aromatic carbocycles. The SMILES string of the molecule is Cc1cc(-n2cc3c(n2)CCNC3)ccn1.Cl.Cl. The second-order valence-corrected chi connectivity index (χ2v) is 4.13. The minimum Gasteiger partial charge on any atom is -0.312 e. The first-order valence-corrected chi connectivity index (χ1v) is 5.54. The molecule has 0 saturated heterocycles. The lowest BCUT2D eigenvalue weighted by atomic mass is 10.1. The zero-order valence-electron chi connectivity index (χ0n) is 10.1. The number of halogens is 2. The van der Waals surface area contributed by atoms with Crippen LogP contribution >= 0.6 is 24.8 Å². The highest BCUT2D eigenvalue weighted by Gasteiger charge is 2.13. The first-order chi connectivity index (χ1) is 7.83. The van der Waals surface area contributed by atoms with Gasteiger partial charge >= 0.3 is 0 Å². The fourth-order valence-electron chi connectivity index (χ4n) is 2.04. The minimum absolute atomic E-state index is 0. The van der Waals surface area contributed by atoms with Crippen LogP contribution in [-0.2, 0) is 13.0 Å². The van der Waals surface area contributed by atoms with Crippen molar-refractivity contribution in [2.24, 2.45) is 0 Å². The summed E-state index contributed by atoms with van der Waals surface area (Å²) in [6.45, 7) is 3.95. The number of aromatic nitrogens is 3. The van der Waals surface area contributed by atoms with E-state index in [9.17, 15) is 0 Å². The third-order valence-electron chi connectivity index (χ3n) is 2.88. The van der Waals surface area contributed by atoms with Crippen LogP contribution in [0.5, 0.6) is 0 Å². The topological polar surface area (TPSA) is 42.7 Å². The van der Waals surface area contributed by atoms with E-state index in [1.165, 1.54) is 11.3 Å². The van der Waals surface area contributed by atoms with Crippen molar-refractivity contribution in [3.63, 3.8) is 0 Å². The van der Waals surface area contributed by atoms with Gasteiger partial charge in [0.05, 0.1) is 11.4 Å². The molecule has 2 aromatic rings. The molecule has 0 amide bonds. The van der Waals surface area contributed by atoms with Gasteiger partial charge in [0, 0.05) is 43.2 Å². The molecule has 4 nitrogen and oxygen atoms in total. The van der Waals surface area contributed by atoms with Crippen LogP contribution in [-0.4, -0.2) is 21.3 Å². The number of fused-ring (bicyclic) bond motifs is 1. The van der Waals surface area contributed by atoms with Crippen LogP contribution < -0.4 is 5.32 Å². The minimum atomic E-state index is 0. The van der Waals surface area contributed by atoms with Crippen LogP contribution in [0.1, 0.15) is 17.0 Å². The highest BCUT2D eigenvalue weighted by Crippen LogP contribution is 2.15. The number of rotatable bonds is 1. The molecular weight excluding hydrogens is 271 g/mol. The van der Waals surface area contributed by atoms with E-state index in [1.807, 2.05) is 29.9 Å². The fraction of sp³-hybridized carbons (Fsp3) is 0.333. The molecule has 0 unspecified atom stereocenters. The van der Waals surface area contributed by atoms with Gasteiger partial charge in [0.15, 0.2) is 0 Å². The van der Waals surface area contributed by atoms with Crippen molar-refractivity contribution in [3.05, 3.63) is 41.5 Å². The van der Waals surface area contributed by atoms with Gasteiger partial charge in [-0.3, -0.25) is 4.98 Å². The van der Waals surface area contributed by atoms with Crippen molar-refractivity contribution in [2.75, 3.05) is 6.54 Å². The maximum atomic E-state index is 4.61. The third-order valence-corrected chi connectivity index (χ3v) is 2.88. The Labute approximate surface area is 119 Å². The summed E-state index contributed by atoms with van der Waals surface area (Å²) in [5, 5.41) is 7.96. The molecule has 1 aliphatic heterocycles. The third kappa shape index (κ3) is 2.83. The predicted molar refractivity (Wildman–Crippen MR) is 76.0 cm³/mol. The highest BCUT2D eigenvalue weighted by molar-refractivity contribution is 5.85. The Hall–Kier alpha value is -1.10. The molecule has 2 aromatic heterocycles. The molecule has 6 heteroatoms. The van der Waals surface area contributed by atoms with Gasteiger partial charge in [0.1, 0.15) is 0 Å². The number of nitrogens with one attached hydrogen (secondary N) is 1. The number of nitrogens with zero attached hydrogens (tertiary/aromatic N) is 3. The van der Waals surface area contributed by atoms with Crippen molar-refractivity contribution in [2.45, 2.75) is 19.9 Å². The summed E-state index contributed by atoms with van der Waals surface area (Å²) >= 11 is 0. The fourth-order valence-corrected chi connectivity index (χ4v) is 2.04. The summed E-state index contributed by atoms with van der Waals surface area (Å²) in [7, 11) is 0. The molecule has 1 aliphatic rings. The first kappa shape index (κ1) is 15.0. The van der Waals surface area contributed by atoms with Gasteiger partial charge < -0.3 is 5.32 Å². The summed E-state index contributed by atoms with van der Waals surface area (Å²) in [6, 6.07) is 4.03. The Balaban J connectivity index is 0.000000810. The zero-order chi connectivity index (χ0) is 11.0. The summed E-state index contributed by atoms with van der Waals surface area (Å²) in [4.78, 5) is 4.19. The monoisotopic (exact) mass is 286 g/mol. The molecule has 0 saturated carbocycles. The first-order valence-electron chi connectivity index (χ1n) is 5.54. The molecule has 0 radical (unpaired) electrons. The van der Waals surface area contributed by atoms with E-state index >= 15 is 0 Å². The van der Waals surface area contributed by atoms with Gasteiger partial charge in [0.25, 0.3) is 0 Å². The Morgan fingerprint density at radius 1 is 1.33 bits per heavy atom. The van der Waals surface area contributed by atoms with Crippen molar-refractivity contribution >= 4 is 24.8 Å². The Kier molecular flexibility index (Phi) is 5.14. The number of aryl methyl sites for hydroxylation is 1. The predicted octanol–water partition coefficient (Wildman–Crippen LogP) is 2.07. The van der Waals surface area contributed by atoms with Crippen LogP contribution in [0.3, 0.4) is 0 Å². The Morgan fingerprint density at radius 2 is 2.17 bits per heavy atom. The average molecular weight is 287 g/mol. The van der Waals surface area contributed by atoms with Crippen molar-refractivity contribution < 1.29 is 0 Å². The molecule has 0 atom stereocenters. The molecular formula is C12H16Cl2N4. The van der Waals surface area contributed by atoms with Gasteiger partial charge in [0.2, 0.25) is 0 Å². The van der Waals surface area contributed by atoms with Crippen LogP contribution in [0.25, 0.3) is 5.69 Å². The van der Waals surface area contributed by atoms with Crippen LogP contribution in [0.2, 0.25) is 0 Å². The molecule has 0 bridgehead atoms. The maximum absolute atomic E-state index is 4.61. The van der Waals surface area contributed by atoms with E-state index in [0.717, 1.165) is 30.9 Å². The van der Waals surface area contributed by atoms with Crippen molar-refractivity contribution in [1.82, 2.24) is 20.1 Å². The second-order valence-electron chi connectivity index (χ2n) is 4.13. The summed E-state index contributed by atoms with van der Waals surface area (Å²) < 4.78 is 1.95. The average Bonchev–Trinajstić information content (AvgIpc) is 2.72. The van der Waals surface area contributed by atoms with Gasteiger partial charge in [-0.05, 0) is 19.1 Å². The van der Waals surface area contributed by atoms with Crippen LogP contribution in [0.15, 0.2) is 24.5 Å². The standard InChI is InChI=1S/C12H14N4.2ClH/c1-9-6-11(2-5-14-9)16-8-10-7-13-4-3-12(10)15-16;;/h2,5-6,8,13H,3-4,7H2,1H3;2*1H. The van der Waals surface area contributed by atoms with E-state index in [-0.39, 0.29) is 24.8 Å². The molecule has 0 spiro atoms. The van der Waals surface area contributed by atoms with Gasteiger partial charge in [-0.2, -0.15) is 5.10 Å². The lowest BCUT2D eigenvalue weighted by Gasteiger charge is -2.09. The molecule has 3 heterocycles. The number of hydrogen-bond donors (Lipinski definition) is 1. The lowest BCUT2D eigenvalue weighted by Crippen LogP contribution is -2.22. The largest absolute Gasteiger partial charge is 0.312 e. The van der Waals surface area contributed by atoms with Gasteiger partial charge in [-0.25, -0.2) is 4.68 Å². The van der Waals surface area contributed by atoms with Crippen molar-refractivity contribution in [1.29, 1.82) is 0 Å². The summed E-state index contributed by atoms with van der Waals surface area (Å²) in [5.74, 6) is 0. The van der Waals surface area contributed by atoms with E-state index in [4.69, 9.17) is 0 Å². The van der Waals surface area contributed by atoms with Gasteiger partial charge in [-0.1, -0.05) is 0 Å². The Bertz CT molecular complexity index is 501. The zero-order valence-corrected chi connectivity index (χ0v) is 11.7. The van der Waals surface area contributed by atoms with E-state index in [1.54, 1.807) is 0 Å². The highest BCUT2D eigenvalue weighted by atomic mass is 35.5. The normalized spacial score (nSPS) is 13.2. The number of hydrogen-bond acceptors (Lipinski definition) is 3. The maximum Gasteiger partial charge on any atom is 0.0686 e. The molecule has 3 rings (SSSR count). The molecule has 98 valence electrons. The Morgan fingerprint density at radius 3 is 2.89 bits per heavy atom. The molecule has 0 aliphatic carbocycles. The molecule has 18 heavy (non-hydrogen) atoms. The van der Waals surface area contributed by atoms with E-state index in [0.29, 0.717) is 0 Å². The van der Waals surface area contributed by atoms with E-state index < -0.39 is 0 Å². The van der Waals surface area contributed by atoms with Crippen LogP contribution in [0.4, 0.5) is 0 Å². The molecule has 0 fully saturated rings. The van der Waals surface area contributed by atoms with Crippen LogP contribution in [0, 0.1) is 6.92 Å². The second kappa shape index (κ2) is 6.18. The van der Waals surface area contributed by atoms with E-state index in [2.05, 4.69) is 21.6 Å². The summed E-state index contributed by atoms with van der Waals surface area (Å²) in [6.07, 6.45) is 4.95. The molecule has 1 N–H and O–H groups in total. The quantitative estimate of drug-likeness (QED) is 0.873. The van der Waals surface area contributed by atoms with Gasteiger partial charge in [-0.15, -0.1) is 24.8 Å². The summed E-state index contributed by atoms with van der Waals surface area (Å²) in [5.41, 5.74) is 4.62. The lowest BCUT2D eigenvalue weighted by molar-refractivity contribution is 0.635. The smallest absolute Gasteiger partial charge is 0.0686 e.